The summed E-state index contributed by atoms with van der Waals surface area (Å²) < 4.78 is 0. The molecule has 2 aliphatic rings. The van der Waals surface area contributed by atoms with Crippen molar-refractivity contribution in [2.45, 2.75) is 44.7 Å². The van der Waals surface area contributed by atoms with Gasteiger partial charge in [0, 0.05) is 12.6 Å². The number of nitrogens with zero attached hydrogens (tertiary/aromatic N) is 1. The van der Waals surface area contributed by atoms with Gasteiger partial charge in [-0.2, -0.15) is 0 Å². The van der Waals surface area contributed by atoms with Crippen LogP contribution >= 0.6 is 0 Å². The van der Waals surface area contributed by atoms with Gasteiger partial charge in [0.25, 0.3) is 0 Å². The summed E-state index contributed by atoms with van der Waals surface area (Å²) >= 11 is 0. The van der Waals surface area contributed by atoms with Crippen LogP contribution in [-0.2, 0) is 13.0 Å². The Labute approximate surface area is 152 Å². The van der Waals surface area contributed by atoms with E-state index >= 15 is 0 Å². The van der Waals surface area contributed by atoms with E-state index < -0.39 is 0 Å². The lowest BCUT2D eigenvalue weighted by Crippen LogP contribution is -2.39. The maximum Gasteiger partial charge on any atom is 0.0178 e. The number of nitrogens with two attached hydrogens (primary N) is 1. The first-order valence-electron chi connectivity index (χ1n) is 9.81. The van der Waals surface area contributed by atoms with E-state index in [9.17, 15) is 0 Å². The minimum absolute atomic E-state index is 0.603. The fourth-order valence-corrected chi connectivity index (χ4v) is 5.09. The Morgan fingerprint density at radius 3 is 2.44 bits per heavy atom. The van der Waals surface area contributed by atoms with Crippen molar-refractivity contribution in [1.82, 2.24) is 4.90 Å². The van der Waals surface area contributed by atoms with Crippen LogP contribution in [0.5, 0.6) is 0 Å². The summed E-state index contributed by atoms with van der Waals surface area (Å²) in [4.78, 5) is 2.61. The quantitative estimate of drug-likeness (QED) is 0.893. The molecule has 1 saturated heterocycles. The van der Waals surface area contributed by atoms with Crippen LogP contribution < -0.4 is 5.73 Å². The van der Waals surface area contributed by atoms with Crippen molar-refractivity contribution in [2.75, 3.05) is 13.6 Å². The number of hydrogen-bond acceptors (Lipinski definition) is 2. The molecule has 132 valence electrons. The average Bonchev–Trinajstić information content (AvgIpc) is 3.06. The Hall–Kier alpha value is -1.64. The number of fused-ring (bicyclic) bond motifs is 1. The van der Waals surface area contributed by atoms with Gasteiger partial charge in [0.1, 0.15) is 0 Å². The molecule has 2 fully saturated rings. The van der Waals surface area contributed by atoms with Crippen molar-refractivity contribution < 1.29 is 0 Å². The third kappa shape index (κ3) is 3.65. The molecule has 1 aliphatic heterocycles. The second-order valence-corrected chi connectivity index (χ2v) is 8.10. The van der Waals surface area contributed by atoms with Gasteiger partial charge in [-0.15, -0.1) is 0 Å². The van der Waals surface area contributed by atoms with Gasteiger partial charge in [-0.05, 0) is 85.9 Å². The van der Waals surface area contributed by atoms with E-state index in [-0.39, 0.29) is 0 Å². The van der Waals surface area contributed by atoms with E-state index in [2.05, 4.69) is 60.5 Å². The van der Waals surface area contributed by atoms with Gasteiger partial charge in [-0.3, -0.25) is 0 Å². The molecule has 3 unspecified atom stereocenters. The van der Waals surface area contributed by atoms with Crippen molar-refractivity contribution >= 4 is 0 Å². The normalized spacial score (nSPS) is 26.6. The molecule has 2 nitrogen and oxygen atoms in total. The standard InChI is InChI=1S/C23H30N2/c1-25-10-4-9-22-14-19(15-23(22)25)11-17-5-2-7-20(12-17)21-8-3-6-18(13-21)16-24/h2-3,5-8,12-13,19,22-23H,4,9-11,14-16,24H2,1H3. The van der Waals surface area contributed by atoms with Gasteiger partial charge in [0.05, 0.1) is 0 Å². The maximum absolute atomic E-state index is 5.80. The lowest BCUT2D eigenvalue weighted by atomic mass is 9.91. The van der Waals surface area contributed by atoms with Crippen LogP contribution in [0.1, 0.15) is 36.8 Å². The number of benzene rings is 2. The molecule has 2 aromatic rings. The molecule has 1 heterocycles. The minimum Gasteiger partial charge on any atom is -0.326 e. The smallest absolute Gasteiger partial charge is 0.0178 e. The summed E-state index contributed by atoms with van der Waals surface area (Å²) in [5.74, 6) is 1.79. The van der Waals surface area contributed by atoms with Crippen LogP contribution in [0.3, 0.4) is 0 Å². The molecular formula is C23H30N2. The number of rotatable bonds is 4. The van der Waals surface area contributed by atoms with E-state index in [1.54, 1.807) is 0 Å². The molecule has 1 aliphatic carbocycles. The Balaban J connectivity index is 1.48. The summed E-state index contributed by atoms with van der Waals surface area (Å²) in [5, 5.41) is 0. The summed E-state index contributed by atoms with van der Waals surface area (Å²) in [5.41, 5.74) is 11.1. The Morgan fingerprint density at radius 2 is 1.72 bits per heavy atom. The summed E-state index contributed by atoms with van der Waals surface area (Å²) in [6.07, 6.45) is 6.86. The summed E-state index contributed by atoms with van der Waals surface area (Å²) in [7, 11) is 2.32. The number of hydrogen-bond donors (Lipinski definition) is 1. The van der Waals surface area contributed by atoms with Crippen LogP contribution in [0, 0.1) is 11.8 Å². The highest BCUT2D eigenvalue weighted by Crippen LogP contribution is 2.41. The van der Waals surface area contributed by atoms with Crippen LogP contribution in [0.25, 0.3) is 11.1 Å². The van der Waals surface area contributed by atoms with E-state index in [0.29, 0.717) is 6.54 Å². The van der Waals surface area contributed by atoms with Crippen LogP contribution in [0.15, 0.2) is 48.5 Å². The minimum atomic E-state index is 0.603. The van der Waals surface area contributed by atoms with Gasteiger partial charge < -0.3 is 10.6 Å². The van der Waals surface area contributed by atoms with Gasteiger partial charge in [-0.25, -0.2) is 0 Å². The zero-order valence-electron chi connectivity index (χ0n) is 15.3. The third-order valence-electron chi connectivity index (χ3n) is 6.35. The fourth-order valence-electron chi connectivity index (χ4n) is 5.09. The highest BCUT2D eigenvalue weighted by Gasteiger charge is 2.38. The highest BCUT2D eigenvalue weighted by molar-refractivity contribution is 5.65. The molecule has 1 saturated carbocycles. The molecule has 25 heavy (non-hydrogen) atoms. The Kier molecular flexibility index (Phi) is 4.91. The lowest BCUT2D eigenvalue weighted by Gasteiger charge is -2.34. The van der Waals surface area contributed by atoms with E-state index in [1.807, 2.05) is 0 Å². The van der Waals surface area contributed by atoms with Gasteiger partial charge in [0.15, 0.2) is 0 Å². The zero-order valence-corrected chi connectivity index (χ0v) is 15.3. The predicted molar refractivity (Wildman–Crippen MR) is 105 cm³/mol. The molecular weight excluding hydrogens is 304 g/mol. The molecule has 2 heteroatoms. The molecule has 0 radical (unpaired) electrons. The lowest BCUT2D eigenvalue weighted by molar-refractivity contribution is 0.144. The molecule has 3 atom stereocenters. The first-order chi connectivity index (χ1) is 12.2. The number of likely N-dealkylation sites (tertiary alicyclic amines) is 1. The van der Waals surface area contributed by atoms with Gasteiger partial charge >= 0.3 is 0 Å². The second kappa shape index (κ2) is 7.31. The van der Waals surface area contributed by atoms with Crippen molar-refractivity contribution in [2.24, 2.45) is 17.6 Å². The average molecular weight is 335 g/mol. The van der Waals surface area contributed by atoms with Gasteiger partial charge in [0.2, 0.25) is 0 Å². The van der Waals surface area contributed by atoms with Crippen molar-refractivity contribution in [1.29, 1.82) is 0 Å². The van der Waals surface area contributed by atoms with Crippen molar-refractivity contribution in [3.8, 4) is 11.1 Å². The third-order valence-corrected chi connectivity index (χ3v) is 6.35. The molecule has 0 amide bonds. The monoisotopic (exact) mass is 334 g/mol. The summed E-state index contributed by atoms with van der Waals surface area (Å²) in [6.45, 7) is 1.90. The van der Waals surface area contributed by atoms with Crippen LogP contribution in [0.4, 0.5) is 0 Å². The van der Waals surface area contributed by atoms with Crippen LogP contribution in [0.2, 0.25) is 0 Å². The summed E-state index contributed by atoms with van der Waals surface area (Å²) in [6, 6.07) is 18.6. The van der Waals surface area contributed by atoms with E-state index in [0.717, 1.165) is 17.9 Å². The number of piperidine rings is 1. The first-order valence-corrected chi connectivity index (χ1v) is 9.81. The largest absolute Gasteiger partial charge is 0.326 e. The van der Waals surface area contributed by atoms with E-state index in [4.69, 9.17) is 5.73 Å². The first kappa shape index (κ1) is 16.8. The molecule has 0 aromatic heterocycles. The molecule has 2 N–H and O–H groups in total. The Bertz CT molecular complexity index is 724. The molecule has 2 aromatic carbocycles. The SMILES string of the molecule is CN1CCCC2CC(Cc3cccc(-c4cccc(CN)c4)c3)CC21. The van der Waals surface area contributed by atoms with Crippen molar-refractivity contribution in [3.63, 3.8) is 0 Å². The topological polar surface area (TPSA) is 29.3 Å². The highest BCUT2D eigenvalue weighted by atomic mass is 15.1. The fraction of sp³-hybridized carbons (Fsp3) is 0.478. The zero-order chi connectivity index (χ0) is 17.2. The molecule has 0 bridgehead atoms. The van der Waals surface area contributed by atoms with Crippen molar-refractivity contribution in [3.05, 3.63) is 59.7 Å². The second-order valence-electron chi connectivity index (χ2n) is 8.10. The molecule has 0 spiro atoms. The maximum atomic E-state index is 5.80. The van der Waals surface area contributed by atoms with Gasteiger partial charge in [-0.1, -0.05) is 42.5 Å². The van der Waals surface area contributed by atoms with E-state index in [1.165, 1.54) is 60.9 Å². The Morgan fingerprint density at radius 1 is 1.00 bits per heavy atom. The van der Waals surface area contributed by atoms with Crippen LogP contribution in [-0.4, -0.2) is 24.5 Å². The molecule has 4 rings (SSSR count). The predicted octanol–water partition coefficient (Wildman–Crippen LogP) is 4.48.